The van der Waals surface area contributed by atoms with E-state index in [2.05, 4.69) is 18.2 Å². The third kappa shape index (κ3) is 5.43. The van der Waals surface area contributed by atoms with E-state index in [1.165, 1.54) is 0 Å². The molecule has 1 atom stereocenters. The monoisotopic (exact) mass is 518 g/mol. The van der Waals surface area contributed by atoms with E-state index in [0.29, 0.717) is 29.4 Å². The van der Waals surface area contributed by atoms with Crippen molar-refractivity contribution in [1.82, 2.24) is 0 Å². The van der Waals surface area contributed by atoms with Gasteiger partial charge in [-0.3, -0.25) is 4.79 Å². The largest absolute Gasteiger partial charge is 0.494 e. The molecule has 1 aliphatic rings. The topological polar surface area (TPSA) is 54.0 Å². The van der Waals surface area contributed by atoms with Gasteiger partial charge in [0.1, 0.15) is 17.3 Å². The zero-order valence-corrected chi connectivity index (χ0v) is 22.2. The summed E-state index contributed by atoms with van der Waals surface area (Å²) < 4.78 is 23.1. The highest BCUT2D eigenvalue weighted by Crippen LogP contribution is 2.47. The van der Waals surface area contributed by atoms with Crippen molar-refractivity contribution in [1.29, 1.82) is 0 Å². The summed E-state index contributed by atoms with van der Waals surface area (Å²) in [5.41, 5.74) is 4.39. The molecule has 0 N–H and O–H groups in total. The Morgan fingerprint density at radius 3 is 2.28 bits per heavy atom. The molecule has 0 unspecified atom stereocenters. The van der Waals surface area contributed by atoms with Gasteiger partial charge in [0.2, 0.25) is 0 Å². The van der Waals surface area contributed by atoms with Gasteiger partial charge in [-0.2, -0.15) is 0 Å². The Morgan fingerprint density at radius 1 is 0.846 bits per heavy atom. The fourth-order valence-corrected chi connectivity index (χ4v) is 4.80. The SMILES string of the molecule is CCOc1ccc(C(=O)/C=C/C2=C(c3ccc(OC)c(OC)c3)Oc3ccccc3[C@H]2c2ccccc2)cc1. The molecule has 4 aromatic rings. The number of para-hydroxylation sites is 1. The van der Waals surface area contributed by atoms with E-state index >= 15 is 0 Å². The predicted molar refractivity (Wildman–Crippen MR) is 153 cm³/mol. The number of carbonyl (C=O) groups excluding carboxylic acids is 1. The highest BCUT2D eigenvalue weighted by molar-refractivity contribution is 6.05. The van der Waals surface area contributed by atoms with Crippen LogP contribution >= 0.6 is 0 Å². The van der Waals surface area contributed by atoms with Crippen LogP contribution in [-0.4, -0.2) is 26.6 Å². The van der Waals surface area contributed by atoms with E-state index in [0.717, 1.165) is 33.8 Å². The summed E-state index contributed by atoms with van der Waals surface area (Å²) >= 11 is 0. The second-order valence-electron chi connectivity index (χ2n) is 8.99. The van der Waals surface area contributed by atoms with Crippen molar-refractivity contribution in [3.8, 4) is 23.0 Å². The molecule has 1 heterocycles. The Bertz CT molecular complexity index is 1520. The zero-order valence-electron chi connectivity index (χ0n) is 22.2. The van der Waals surface area contributed by atoms with Crippen LogP contribution in [0.2, 0.25) is 0 Å². The smallest absolute Gasteiger partial charge is 0.185 e. The Hall–Kier alpha value is -4.77. The molecule has 1 aliphatic heterocycles. The first-order valence-corrected chi connectivity index (χ1v) is 12.9. The zero-order chi connectivity index (χ0) is 27.2. The van der Waals surface area contributed by atoms with Crippen LogP contribution in [0, 0.1) is 0 Å². The molecule has 196 valence electrons. The van der Waals surface area contributed by atoms with Gasteiger partial charge in [0, 0.05) is 28.2 Å². The van der Waals surface area contributed by atoms with Crippen LogP contribution in [0.4, 0.5) is 0 Å². The van der Waals surface area contributed by atoms with Gasteiger partial charge in [0.05, 0.1) is 20.8 Å². The third-order valence-corrected chi connectivity index (χ3v) is 6.66. The highest BCUT2D eigenvalue weighted by atomic mass is 16.5. The minimum absolute atomic E-state index is 0.108. The second-order valence-corrected chi connectivity index (χ2v) is 8.99. The summed E-state index contributed by atoms with van der Waals surface area (Å²) in [6.45, 7) is 2.50. The van der Waals surface area contributed by atoms with Crippen LogP contribution in [0.1, 0.15) is 39.9 Å². The van der Waals surface area contributed by atoms with Crippen LogP contribution < -0.4 is 18.9 Å². The van der Waals surface area contributed by atoms with Crippen molar-refractivity contribution >= 4 is 11.5 Å². The maximum absolute atomic E-state index is 13.2. The van der Waals surface area contributed by atoms with Crippen LogP contribution in [0.15, 0.2) is 115 Å². The molecule has 0 radical (unpaired) electrons. The molecule has 5 rings (SSSR count). The molecular weight excluding hydrogens is 488 g/mol. The van der Waals surface area contributed by atoms with E-state index in [4.69, 9.17) is 18.9 Å². The number of hydrogen-bond donors (Lipinski definition) is 0. The molecule has 0 fully saturated rings. The first-order chi connectivity index (χ1) is 19.1. The Labute approximate surface area is 228 Å². The lowest BCUT2D eigenvalue weighted by Gasteiger charge is -2.30. The maximum Gasteiger partial charge on any atom is 0.185 e. The number of ether oxygens (including phenoxy) is 4. The summed E-state index contributed by atoms with van der Waals surface area (Å²) in [6.07, 6.45) is 3.48. The van der Waals surface area contributed by atoms with Gasteiger partial charge in [-0.15, -0.1) is 0 Å². The number of carbonyl (C=O) groups is 1. The molecule has 4 aromatic carbocycles. The molecule has 5 nitrogen and oxygen atoms in total. The van der Waals surface area contributed by atoms with Crippen LogP contribution in [0.25, 0.3) is 5.76 Å². The van der Waals surface area contributed by atoms with Gasteiger partial charge in [-0.25, -0.2) is 0 Å². The quantitative estimate of drug-likeness (QED) is 0.170. The summed E-state index contributed by atoms with van der Waals surface area (Å²) in [7, 11) is 3.21. The van der Waals surface area contributed by atoms with Gasteiger partial charge >= 0.3 is 0 Å². The number of hydrogen-bond acceptors (Lipinski definition) is 5. The van der Waals surface area contributed by atoms with Crippen molar-refractivity contribution < 1.29 is 23.7 Å². The van der Waals surface area contributed by atoms with E-state index in [-0.39, 0.29) is 11.7 Å². The Balaban J connectivity index is 1.65. The van der Waals surface area contributed by atoms with E-state index in [1.807, 2.05) is 79.7 Å². The number of rotatable bonds is 9. The van der Waals surface area contributed by atoms with Gasteiger partial charge in [0.25, 0.3) is 0 Å². The minimum atomic E-state index is -0.149. The van der Waals surface area contributed by atoms with Crippen molar-refractivity contribution in [3.05, 3.63) is 137 Å². The molecule has 0 aromatic heterocycles. The summed E-state index contributed by atoms with van der Waals surface area (Å²) in [5, 5.41) is 0. The average molecular weight is 519 g/mol. The molecule has 0 spiro atoms. The van der Waals surface area contributed by atoms with Crippen molar-refractivity contribution in [2.45, 2.75) is 12.8 Å². The average Bonchev–Trinajstić information content (AvgIpc) is 2.99. The number of benzene rings is 4. The lowest BCUT2D eigenvalue weighted by molar-refractivity contribution is 0.104. The minimum Gasteiger partial charge on any atom is -0.494 e. The van der Waals surface area contributed by atoms with Crippen LogP contribution in [-0.2, 0) is 0 Å². The molecular formula is C34H30O5. The number of ketones is 1. The Morgan fingerprint density at radius 2 is 1.56 bits per heavy atom. The summed E-state index contributed by atoms with van der Waals surface area (Å²) in [6, 6.07) is 31.1. The first kappa shape index (κ1) is 25.9. The molecule has 0 saturated carbocycles. The van der Waals surface area contributed by atoms with E-state index in [9.17, 15) is 4.79 Å². The van der Waals surface area contributed by atoms with Crippen LogP contribution in [0.5, 0.6) is 23.0 Å². The maximum atomic E-state index is 13.2. The molecule has 5 heteroatoms. The molecule has 39 heavy (non-hydrogen) atoms. The third-order valence-electron chi connectivity index (χ3n) is 6.66. The van der Waals surface area contributed by atoms with Crippen molar-refractivity contribution in [3.63, 3.8) is 0 Å². The van der Waals surface area contributed by atoms with E-state index < -0.39 is 0 Å². The van der Waals surface area contributed by atoms with Crippen molar-refractivity contribution in [2.75, 3.05) is 20.8 Å². The fourth-order valence-electron chi connectivity index (χ4n) is 4.80. The predicted octanol–water partition coefficient (Wildman–Crippen LogP) is 7.48. The standard InChI is InChI=1S/C34H30O5/c1-4-38-26-17-14-23(15-18-26)29(35)20-19-28-33(24-10-6-5-7-11-24)27-12-8-9-13-30(27)39-34(28)25-16-21-31(36-2)32(22-25)37-3/h5-22,33H,4H2,1-3H3/b20-19+/t33-/m1/s1. The lowest BCUT2D eigenvalue weighted by atomic mass is 9.81. The second kappa shape index (κ2) is 11.7. The summed E-state index contributed by atoms with van der Waals surface area (Å²) in [5.74, 6) is 3.12. The number of allylic oxidation sites excluding steroid dienone is 3. The summed E-state index contributed by atoms with van der Waals surface area (Å²) in [4.78, 5) is 13.2. The molecule has 0 saturated heterocycles. The molecule has 0 amide bonds. The Kier molecular flexibility index (Phi) is 7.78. The van der Waals surface area contributed by atoms with Gasteiger partial charge in [0.15, 0.2) is 17.3 Å². The number of fused-ring (bicyclic) bond motifs is 1. The van der Waals surface area contributed by atoms with E-state index in [1.54, 1.807) is 32.4 Å². The number of methoxy groups -OCH3 is 2. The van der Waals surface area contributed by atoms with Gasteiger partial charge < -0.3 is 18.9 Å². The lowest BCUT2D eigenvalue weighted by Crippen LogP contribution is -2.16. The molecule has 0 aliphatic carbocycles. The van der Waals surface area contributed by atoms with Gasteiger partial charge in [-0.05, 0) is 67.1 Å². The highest BCUT2D eigenvalue weighted by Gasteiger charge is 2.31. The first-order valence-electron chi connectivity index (χ1n) is 12.9. The molecule has 0 bridgehead atoms. The van der Waals surface area contributed by atoms with Gasteiger partial charge in [-0.1, -0.05) is 54.6 Å². The normalized spacial score (nSPS) is 14.5. The van der Waals surface area contributed by atoms with Crippen molar-refractivity contribution in [2.24, 2.45) is 0 Å². The van der Waals surface area contributed by atoms with Crippen LogP contribution in [0.3, 0.4) is 0 Å². The fraction of sp³-hybridized carbons (Fsp3) is 0.147.